The van der Waals surface area contributed by atoms with E-state index in [0.29, 0.717) is 47.4 Å². The van der Waals surface area contributed by atoms with Crippen LogP contribution in [-0.2, 0) is 11.5 Å². The number of nitrogens with one attached hydrogen (secondary N) is 1. The number of hydrogen-bond acceptors (Lipinski definition) is 8. The van der Waals surface area contributed by atoms with Gasteiger partial charge in [-0.25, -0.2) is 23.8 Å². The number of ether oxygens (including phenoxy) is 1. The van der Waals surface area contributed by atoms with Crippen LogP contribution in [0.5, 0.6) is 0 Å². The van der Waals surface area contributed by atoms with Crippen molar-refractivity contribution in [1.29, 1.82) is 0 Å². The van der Waals surface area contributed by atoms with Crippen molar-refractivity contribution < 1.29 is 23.8 Å². The van der Waals surface area contributed by atoms with Crippen molar-refractivity contribution in [3.05, 3.63) is 88.4 Å². The van der Waals surface area contributed by atoms with Crippen molar-refractivity contribution in [2.24, 2.45) is 0 Å². The first-order valence-electron chi connectivity index (χ1n) is 15.2. The summed E-state index contributed by atoms with van der Waals surface area (Å²) in [6.45, 7) is 7.65. The highest BCUT2D eigenvalue weighted by Gasteiger charge is 2.32. The number of aromatic carboxylic acids is 1. The summed E-state index contributed by atoms with van der Waals surface area (Å²) in [5.74, 6) is -2.29. The molecule has 12 nitrogen and oxygen atoms in total. The lowest BCUT2D eigenvalue weighted by atomic mass is 10.00. The van der Waals surface area contributed by atoms with E-state index in [1.54, 1.807) is 28.9 Å². The number of nitrogen functional groups attached to an aromatic ring is 1. The number of halogens is 1. The van der Waals surface area contributed by atoms with Crippen LogP contribution in [0, 0.1) is 5.82 Å². The minimum atomic E-state index is -1.31. The van der Waals surface area contributed by atoms with Crippen LogP contribution in [0.2, 0.25) is 25.7 Å². The summed E-state index contributed by atoms with van der Waals surface area (Å²) in [5, 5.41) is 18.1. The number of aromatic nitrogens is 5. The first-order chi connectivity index (χ1) is 22.4. The summed E-state index contributed by atoms with van der Waals surface area (Å²) in [7, 11) is -1.27. The number of carboxylic acids is 1. The summed E-state index contributed by atoms with van der Waals surface area (Å²) >= 11 is 0. The van der Waals surface area contributed by atoms with E-state index in [9.17, 15) is 23.9 Å². The lowest BCUT2D eigenvalue weighted by molar-refractivity contribution is 0.0683. The maximum absolute atomic E-state index is 13.7. The van der Waals surface area contributed by atoms with Gasteiger partial charge in [0.25, 0.3) is 5.91 Å². The SMILES string of the molecule is C[Si](C)(C)CCOCn1nc(-c2ccc(NC(=O)c3cn(C4CC4)c(C(=O)O)c(-c4ccc(F)cc4)c3=O)cc2)c2c(N)ncnc21. The van der Waals surface area contributed by atoms with E-state index in [1.807, 2.05) is 0 Å². The van der Waals surface area contributed by atoms with Crippen molar-refractivity contribution >= 4 is 42.5 Å². The zero-order chi connectivity index (χ0) is 33.5. The summed E-state index contributed by atoms with van der Waals surface area (Å²) < 4.78 is 22.7. The minimum Gasteiger partial charge on any atom is -0.477 e. The smallest absolute Gasteiger partial charge is 0.353 e. The first kappa shape index (κ1) is 31.8. The van der Waals surface area contributed by atoms with Crippen LogP contribution in [0.1, 0.15) is 39.7 Å². The normalized spacial score (nSPS) is 13.2. The number of hydrogen-bond donors (Lipinski definition) is 3. The number of nitrogens with two attached hydrogens (primary N) is 1. The van der Waals surface area contributed by atoms with Gasteiger partial charge in [0.1, 0.15) is 41.6 Å². The predicted molar refractivity (Wildman–Crippen MR) is 179 cm³/mol. The molecule has 242 valence electrons. The summed E-state index contributed by atoms with van der Waals surface area (Å²) in [6, 6.07) is 12.6. The highest BCUT2D eigenvalue weighted by molar-refractivity contribution is 6.76. The Hall–Kier alpha value is -5.21. The number of amides is 1. The van der Waals surface area contributed by atoms with Gasteiger partial charge >= 0.3 is 5.97 Å². The Labute approximate surface area is 270 Å². The summed E-state index contributed by atoms with van der Waals surface area (Å²) in [5.41, 5.74) is 7.22. The molecule has 2 aromatic carbocycles. The molecule has 1 fully saturated rings. The molecular weight excluding hydrogens is 621 g/mol. The number of rotatable bonds is 11. The molecule has 0 aliphatic heterocycles. The molecule has 1 amide bonds. The summed E-state index contributed by atoms with van der Waals surface area (Å²) in [6.07, 6.45) is 4.09. The van der Waals surface area contributed by atoms with E-state index in [-0.39, 0.29) is 41.0 Å². The van der Waals surface area contributed by atoms with Crippen LogP contribution >= 0.6 is 0 Å². The maximum atomic E-state index is 13.7. The van der Waals surface area contributed by atoms with E-state index in [2.05, 4.69) is 34.9 Å². The van der Waals surface area contributed by atoms with Gasteiger partial charge in [0.15, 0.2) is 5.65 Å². The van der Waals surface area contributed by atoms with E-state index < -0.39 is 31.2 Å². The number of carboxylic acid groups (broad SMARTS) is 1. The monoisotopic (exact) mass is 655 g/mol. The van der Waals surface area contributed by atoms with Crippen LogP contribution < -0.4 is 16.5 Å². The predicted octanol–water partition coefficient (Wildman–Crippen LogP) is 5.64. The van der Waals surface area contributed by atoms with Crippen LogP contribution in [0.3, 0.4) is 0 Å². The fourth-order valence-electron chi connectivity index (χ4n) is 5.30. The standard InChI is InChI=1S/C33H34FN7O5Si/c1-47(2,3)15-14-46-18-41-31-26(30(35)36-17-37-31)27(39-41)20-6-10-22(11-7-20)38-32(43)24-16-40(23-12-13-23)28(33(44)45)25(29(24)42)19-4-8-21(34)9-5-19/h4-11,16-17,23H,12-15,18H2,1-3H3,(H,38,43)(H,44,45)(H2,35,36,37). The molecule has 0 radical (unpaired) electrons. The molecule has 47 heavy (non-hydrogen) atoms. The topological polar surface area (TPSA) is 167 Å². The Bertz CT molecular complexity index is 2050. The molecule has 0 bridgehead atoms. The average Bonchev–Trinajstić information content (AvgIpc) is 3.80. The third kappa shape index (κ3) is 6.69. The quantitative estimate of drug-likeness (QED) is 0.120. The van der Waals surface area contributed by atoms with Gasteiger partial charge < -0.3 is 25.5 Å². The van der Waals surface area contributed by atoms with E-state index >= 15 is 0 Å². The first-order valence-corrected chi connectivity index (χ1v) is 18.9. The molecule has 1 saturated carbocycles. The second-order valence-electron chi connectivity index (χ2n) is 12.7. The molecule has 0 saturated heterocycles. The Kier molecular flexibility index (Phi) is 8.47. The molecule has 0 unspecified atom stereocenters. The van der Waals surface area contributed by atoms with Gasteiger partial charge in [0.2, 0.25) is 5.43 Å². The van der Waals surface area contributed by atoms with Crippen molar-refractivity contribution in [1.82, 2.24) is 24.3 Å². The lowest BCUT2D eigenvalue weighted by Gasteiger charge is -2.17. The molecule has 6 rings (SSSR count). The zero-order valence-corrected chi connectivity index (χ0v) is 27.2. The van der Waals surface area contributed by atoms with Gasteiger partial charge in [0, 0.05) is 38.2 Å². The Morgan fingerprint density at radius 2 is 1.74 bits per heavy atom. The number of benzene rings is 2. The van der Waals surface area contributed by atoms with Crippen molar-refractivity contribution in [3.8, 4) is 22.4 Å². The highest BCUT2D eigenvalue weighted by Crippen LogP contribution is 2.38. The van der Waals surface area contributed by atoms with Gasteiger partial charge in [-0.1, -0.05) is 43.9 Å². The maximum Gasteiger partial charge on any atom is 0.353 e. The third-order valence-electron chi connectivity index (χ3n) is 7.94. The number of carbonyl (C=O) groups is 2. The fourth-order valence-corrected chi connectivity index (χ4v) is 6.06. The van der Waals surface area contributed by atoms with Crippen LogP contribution in [0.4, 0.5) is 15.9 Å². The van der Waals surface area contributed by atoms with Crippen molar-refractivity contribution in [3.63, 3.8) is 0 Å². The molecule has 3 heterocycles. The molecule has 1 aliphatic rings. The second-order valence-corrected chi connectivity index (χ2v) is 18.4. The van der Waals surface area contributed by atoms with E-state index in [4.69, 9.17) is 15.6 Å². The Morgan fingerprint density at radius 1 is 1.06 bits per heavy atom. The van der Waals surface area contributed by atoms with Crippen LogP contribution in [0.15, 0.2) is 65.8 Å². The average molecular weight is 656 g/mol. The van der Waals surface area contributed by atoms with Gasteiger partial charge in [-0.05, 0) is 48.7 Å². The van der Waals surface area contributed by atoms with Gasteiger partial charge in [-0.3, -0.25) is 9.59 Å². The molecule has 14 heteroatoms. The fraction of sp³-hybridized carbons (Fsp3) is 0.273. The van der Waals surface area contributed by atoms with Crippen molar-refractivity contribution in [2.75, 3.05) is 17.7 Å². The zero-order valence-electron chi connectivity index (χ0n) is 26.2. The Morgan fingerprint density at radius 3 is 2.38 bits per heavy atom. The number of carbonyl (C=O) groups excluding carboxylic acids is 1. The Balaban J connectivity index is 1.29. The van der Waals surface area contributed by atoms with E-state index in [1.165, 1.54) is 29.2 Å². The molecule has 5 aromatic rings. The molecule has 1 aliphatic carbocycles. The van der Waals surface area contributed by atoms with Crippen molar-refractivity contribution in [2.45, 2.75) is 51.3 Å². The van der Waals surface area contributed by atoms with Crippen LogP contribution in [0.25, 0.3) is 33.4 Å². The lowest BCUT2D eigenvalue weighted by Crippen LogP contribution is -2.28. The number of nitrogens with zero attached hydrogens (tertiary/aromatic N) is 5. The minimum absolute atomic E-state index is 0.163. The highest BCUT2D eigenvalue weighted by atomic mass is 28.3. The second kappa shape index (κ2) is 12.5. The van der Waals surface area contributed by atoms with E-state index in [0.717, 1.165) is 18.2 Å². The van der Waals surface area contributed by atoms with Gasteiger partial charge in [-0.15, -0.1) is 0 Å². The molecule has 0 atom stereocenters. The molecule has 4 N–H and O–H groups in total. The van der Waals surface area contributed by atoms with Crippen LogP contribution in [-0.4, -0.2) is 56.0 Å². The molecule has 0 spiro atoms. The molecule has 3 aromatic heterocycles. The van der Waals surface area contributed by atoms with Gasteiger partial charge in [0.05, 0.1) is 10.9 Å². The van der Waals surface area contributed by atoms with Gasteiger partial charge in [-0.2, -0.15) is 5.10 Å². The third-order valence-corrected chi connectivity index (χ3v) is 9.64. The number of pyridine rings is 1. The number of fused-ring (bicyclic) bond motifs is 1. The number of anilines is 2. The molecular formula is C33H34FN7O5Si. The summed E-state index contributed by atoms with van der Waals surface area (Å²) in [4.78, 5) is 48.1. The largest absolute Gasteiger partial charge is 0.477 e.